The summed E-state index contributed by atoms with van der Waals surface area (Å²) in [6, 6.07) is 7.86. The van der Waals surface area contributed by atoms with Crippen LogP contribution in [0.3, 0.4) is 0 Å². The molecule has 82 valence electrons. The van der Waals surface area contributed by atoms with Crippen LogP contribution in [-0.4, -0.2) is 18.3 Å². The minimum atomic E-state index is -0.148. The minimum Gasteiger partial charge on any atom is -0.465 e. The van der Waals surface area contributed by atoms with Crippen LogP contribution in [-0.2, 0) is 9.53 Å². The van der Waals surface area contributed by atoms with Gasteiger partial charge in [-0.3, -0.25) is 4.79 Å². The van der Waals surface area contributed by atoms with Gasteiger partial charge in [0.25, 0.3) is 0 Å². The van der Waals surface area contributed by atoms with E-state index in [2.05, 4.69) is 15.9 Å². The number of hydrogen-bond acceptors (Lipinski definition) is 3. The summed E-state index contributed by atoms with van der Waals surface area (Å²) in [6.45, 7) is 2.49. The lowest BCUT2D eigenvalue weighted by Gasteiger charge is -2.03. The highest BCUT2D eigenvalue weighted by Crippen LogP contribution is 2.20. The van der Waals surface area contributed by atoms with Crippen LogP contribution in [0.4, 0.5) is 0 Å². The Kier molecular flexibility index (Phi) is 5.79. The Hall–Kier alpha value is -0.480. The van der Waals surface area contributed by atoms with Gasteiger partial charge in [0.1, 0.15) is 0 Å². The summed E-state index contributed by atoms with van der Waals surface area (Å²) in [5.41, 5.74) is 0. The fourth-order valence-electron chi connectivity index (χ4n) is 0.931. The molecule has 1 aromatic carbocycles. The standard InChI is InChI=1S/C11H13BrO2S/c1-2-7-14-11(13)8-15-10-5-3-9(12)4-6-10/h3-6H,2,7-8H2,1H3. The monoisotopic (exact) mass is 288 g/mol. The molecule has 0 amide bonds. The second-order valence-electron chi connectivity index (χ2n) is 2.96. The van der Waals surface area contributed by atoms with Crippen molar-refractivity contribution in [2.45, 2.75) is 18.2 Å². The molecule has 0 atom stereocenters. The van der Waals surface area contributed by atoms with E-state index in [4.69, 9.17) is 4.74 Å². The van der Waals surface area contributed by atoms with Gasteiger partial charge in [-0.15, -0.1) is 11.8 Å². The number of carbonyl (C=O) groups excluding carboxylic acids is 1. The molecule has 0 aliphatic rings. The number of rotatable bonds is 5. The van der Waals surface area contributed by atoms with Crippen molar-refractivity contribution in [1.82, 2.24) is 0 Å². The van der Waals surface area contributed by atoms with Crippen LogP contribution in [0.15, 0.2) is 33.6 Å². The highest BCUT2D eigenvalue weighted by molar-refractivity contribution is 9.10. The lowest BCUT2D eigenvalue weighted by atomic mass is 10.4. The van der Waals surface area contributed by atoms with E-state index in [1.807, 2.05) is 31.2 Å². The molecular formula is C11H13BrO2S. The zero-order chi connectivity index (χ0) is 11.1. The maximum absolute atomic E-state index is 11.2. The fraction of sp³-hybridized carbons (Fsp3) is 0.364. The third-order valence-corrected chi connectivity index (χ3v) is 3.15. The molecule has 0 saturated carbocycles. The summed E-state index contributed by atoms with van der Waals surface area (Å²) < 4.78 is 6.01. The molecule has 0 heterocycles. The molecule has 0 aliphatic carbocycles. The molecule has 0 N–H and O–H groups in total. The number of carbonyl (C=O) groups is 1. The van der Waals surface area contributed by atoms with Gasteiger partial charge in [0, 0.05) is 9.37 Å². The quantitative estimate of drug-likeness (QED) is 0.613. The van der Waals surface area contributed by atoms with Crippen molar-refractivity contribution in [3.63, 3.8) is 0 Å². The molecule has 0 aliphatic heterocycles. The summed E-state index contributed by atoms with van der Waals surface area (Å²) in [5, 5.41) is 0. The van der Waals surface area contributed by atoms with Crippen molar-refractivity contribution in [2.75, 3.05) is 12.4 Å². The van der Waals surface area contributed by atoms with Crippen LogP contribution < -0.4 is 0 Å². The van der Waals surface area contributed by atoms with Crippen molar-refractivity contribution >= 4 is 33.7 Å². The Morgan fingerprint density at radius 2 is 2.07 bits per heavy atom. The van der Waals surface area contributed by atoms with Gasteiger partial charge in [-0.2, -0.15) is 0 Å². The van der Waals surface area contributed by atoms with Gasteiger partial charge in [0.15, 0.2) is 0 Å². The average Bonchev–Trinajstić information content (AvgIpc) is 2.25. The van der Waals surface area contributed by atoms with Gasteiger partial charge in [0.2, 0.25) is 0 Å². The van der Waals surface area contributed by atoms with Gasteiger partial charge in [0.05, 0.1) is 12.4 Å². The third-order valence-electron chi connectivity index (χ3n) is 1.64. The topological polar surface area (TPSA) is 26.3 Å². The van der Waals surface area contributed by atoms with Gasteiger partial charge in [-0.1, -0.05) is 22.9 Å². The van der Waals surface area contributed by atoms with Crippen molar-refractivity contribution in [3.8, 4) is 0 Å². The smallest absolute Gasteiger partial charge is 0.316 e. The summed E-state index contributed by atoms with van der Waals surface area (Å²) in [4.78, 5) is 12.3. The van der Waals surface area contributed by atoms with Crippen molar-refractivity contribution in [3.05, 3.63) is 28.7 Å². The molecule has 1 aromatic rings. The first kappa shape index (κ1) is 12.6. The van der Waals surface area contributed by atoms with E-state index >= 15 is 0 Å². The molecular weight excluding hydrogens is 276 g/mol. The first-order valence-electron chi connectivity index (χ1n) is 4.76. The van der Waals surface area contributed by atoms with Crippen LogP contribution in [0.25, 0.3) is 0 Å². The molecule has 15 heavy (non-hydrogen) atoms. The van der Waals surface area contributed by atoms with E-state index in [-0.39, 0.29) is 5.97 Å². The molecule has 0 fully saturated rings. The zero-order valence-corrected chi connectivity index (χ0v) is 10.9. The number of halogens is 1. The van der Waals surface area contributed by atoms with E-state index in [1.54, 1.807) is 0 Å². The number of hydrogen-bond donors (Lipinski definition) is 0. The minimum absolute atomic E-state index is 0.148. The first-order valence-corrected chi connectivity index (χ1v) is 6.54. The van der Waals surface area contributed by atoms with Crippen LogP contribution >= 0.6 is 27.7 Å². The maximum atomic E-state index is 11.2. The fourth-order valence-corrected chi connectivity index (χ4v) is 1.89. The second-order valence-corrected chi connectivity index (χ2v) is 4.93. The molecule has 0 saturated heterocycles. The number of ether oxygens (including phenoxy) is 1. The number of benzene rings is 1. The predicted molar refractivity (Wildman–Crippen MR) is 66.1 cm³/mol. The number of thioether (sulfide) groups is 1. The Balaban J connectivity index is 2.30. The Labute approximate surface area is 103 Å². The van der Waals surface area contributed by atoms with Gasteiger partial charge >= 0.3 is 5.97 Å². The molecule has 1 rings (SSSR count). The van der Waals surface area contributed by atoms with Crippen LogP contribution in [0.2, 0.25) is 0 Å². The third kappa shape index (κ3) is 5.23. The van der Waals surface area contributed by atoms with Crippen molar-refractivity contribution in [2.24, 2.45) is 0 Å². The molecule has 0 unspecified atom stereocenters. The van der Waals surface area contributed by atoms with E-state index in [9.17, 15) is 4.79 Å². The summed E-state index contributed by atoms with van der Waals surface area (Å²) in [6.07, 6.45) is 0.870. The highest BCUT2D eigenvalue weighted by atomic mass is 79.9. The van der Waals surface area contributed by atoms with Crippen LogP contribution in [0.1, 0.15) is 13.3 Å². The van der Waals surface area contributed by atoms with E-state index in [0.717, 1.165) is 15.8 Å². The van der Waals surface area contributed by atoms with Crippen molar-refractivity contribution < 1.29 is 9.53 Å². The normalized spacial score (nSPS) is 10.0. The van der Waals surface area contributed by atoms with E-state index < -0.39 is 0 Å². The number of esters is 1. The average molecular weight is 289 g/mol. The maximum Gasteiger partial charge on any atom is 0.316 e. The molecule has 2 nitrogen and oxygen atoms in total. The van der Waals surface area contributed by atoms with E-state index in [1.165, 1.54) is 11.8 Å². The zero-order valence-electron chi connectivity index (χ0n) is 8.53. The molecule has 0 bridgehead atoms. The SMILES string of the molecule is CCCOC(=O)CSc1ccc(Br)cc1. The molecule has 4 heteroatoms. The second kappa shape index (κ2) is 6.90. The van der Waals surface area contributed by atoms with Gasteiger partial charge in [-0.25, -0.2) is 0 Å². The van der Waals surface area contributed by atoms with Crippen LogP contribution in [0, 0.1) is 0 Å². The van der Waals surface area contributed by atoms with E-state index in [0.29, 0.717) is 12.4 Å². The lowest BCUT2D eigenvalue weighted by Crippen LogP contribution is -2.07. The summed E-state index contributed by atoms with van der Waals surface area (Å²) >= 11 is 4.85. The van der Waals surface area contributed by atoms with Crippen LogP contribution in [0.5, 0.6) is 0 Å². The summed E-state index contributed by atoms with van der Waals surface area (Å²) in [7, 11) is 0. The van der Waals surface area contributed by atoms with Gasteiger partial charge < -0.3 is 4.74 Å². The first-order chi connectivity index (χ1) is 7.22. The predicted octanol–water partition coefficient (Wildman–Crippen LogP) is 3.49. The molecule has 0 radical (unpaired) electrons. The van der Waals surface area contributed by atoms with Gasteiger partial charge in [-0.05, 0) is 30.7 Å². The molecule has 0 spiro atoms. The molecule has 0 aromatic heterocycles. The highest BCUT2D eigenvalue weighted by Gasteiger charge is 2.03. The largest absolute Gasteiger partial charge is 0.465 e. The lowest BCUT2D eigenvalue weighted by molar-refractivity contribution is -0.140. The van der Waals surface area contributed by atoms with Crippen molar-refractivity contribution in [1.29, 1.82) is 0 Å². The summed E-state index contributed by atoms with van der Waals surface area (Å²) in [5.74, 6) is 0.228. The Bertz CT molecular complexity index is 311. The Morgan fingerprint density at radius 3 is 2.67 bits per heavy atom. The Morgan fingerprint density at radius 1 is 1.40 bits per heavy atom.